The first-order chi connectivity index (χ1) is 21.0. The third kappa shape index (κ3) is 6.21. The number of ether oxygens (including phenoxy) is 1. The van der Waals surface area contributed by atoms with Crippen molar-refractivity contribution in [1.82, 2.24) is 0 Å². The van der Waals surface area contributed by atoms with Gasteiger partial charge in [-0.15, -0.1) is 0 Å². The van der Waals surface area contributed by atoms with Crippen molar-refractivity contribution in [2.24, 2.45) is 5.92 Å². The van der Waals surface area contributed by atoms with Gasteiger partial charge >= 0.3 is 0 Å². The minimum Gasteiger partial charge on any atom is -0.388 e. The minimum atomic E-state index is -3.36. The zero-order valence-corrected chi connectivity index (χ0v) is 25.6. The van der Waals surface area contributed by atoms with Gasteiger partial charge in [-0.25, -0.2) is 0 Å². The van der Waals surface area contributed by atoms with E-state index in [2.05, 4.69) is 36.4 Å². The highest BCUT2D eigenvalue weighted by molar-refractivity contribution is 7.79. The Morgan fingerprint density at radius 2 is 1.00 bits per heavy atom. The van der Waals surface area contributed by atoms with Crippen LogP contribution in [0, 0.1) is 5.92 Å². The van der Waals surface area contributed by atoms with Gasteiger partial charge in [-0.2, -0.15) is 0 Å². The van der Waals surface area contributed by atoms with E-state index < -0.39 is 24.5 Å². The largest absolute Gasteiger partial charge is 0.388 e. The van der Waals surface area contributed by atoms with Crippen molar-refractivity contribution in [2.75, 3.05) is 6.61 Å². The van der Waals surface area contributed by atoms with Gasteiger partial charge in [-0.05, 0) is 29.5 Å². The maximum Gasteiger partial charge on any atom is 0.149 e. The molecule has 218 valence electrons. The molecular formula is C39H39O3P. The van der Waals surface area contributed by atoms with Crippen LogP contribution in [0.3, 0.4) is 0 Å². The van der Waals surface area contributed by atoms with E-state index in [0.29, 0.717) is 0 Å². The standard InChI is InChI=1S/C39H39O3P/c1-3-19-37(40)38(43(41,35-26-15-7-16-27-35)36-28-17-8-18-29-36)31(2)30-42-39(32-20-9-4-10-21-32,33-22-11-5-12-23-33)34-24-13-6-14-25-34/h3-29,31,37-38,40H,30H2,1-2H3/b19-3+. The lowest BCUT2D eigenvalue weighted by Crippen LogP contribution is -2.42. The summed E-state index contributed by atoms with van der Waals surface area (Å²) in [5.41, 5.74) is 1.45. The van der Waals surface area contributed by atoms with Crippen LogP contribution < -0.4 is 10.6 Å². The fourth-order valence-corrected chi connectivity index (χ4v) is 9.69. The van der Waals surface area contributed by atoms with Crippen LogP contribution in [0.4, 0.5) is 0 Å². The van der Waals surface area contributed by atoms with Crippen LogP contribution in [-0.4, -0.2) is 23.5 Å². The second-order valence-corrected chi connectivity index (χ2v) is 13.8. The van der Waals surface area contributed by atoms with E-state index in [0.717, 1.165) is 27.3 Å². The lowest BCUT2D eigenvalue weighted by Gasteiger charge is -2.40. The van der Waals surface area contributed by atoms with Gasteiger partial charge in [0.1, 0.15) is 12.7 Å². The number of rotatable bonds is 12. The Hall–Kier alpha value is -4.01. The highest BCUT2D eigenvalue weighted by Gasteiger charge is 2.45. The molecular weight excluding hydrogens is 547 g/mol. The number of aliphatic hydroxyl groups is 1. The van der Waals surface area contributed by atoms with Gasteiger partial charge in [0.05, 0.1) is 18.4 Å². The summed E-state index contributed by atoms with van der Waals surface area (Å²) in [6.45, 7) is 4.17. The molecule has 0 aromatic heterocycles. The predicted molar refractivity (Wildman–Crippen MR) is 179 cm³/mol. The van der Waals surface area contributed by atoms with E-state index >= 15 is 4.57 Å². The van der Waals surface area contributed by atoms with E-state index in [9.17, 15) is 5.11 Å². The molecule has 3 atom stereocenters. The smallest absolute Gasteiger partial charge is 0.149 e. The number of hydrogen-bond acceptors (Lipinski definition) is 3. The number of benzene rings is 5. The molecule has 0 spiro atoms. The van der Waals surface area contributed by atoms with Crippen molar-refractivity contribution in [2.45, 2.75) is 31.2 Å². The van der Waals surface area contributed by atoms with Crippen molar-refractivity contribution in [3.05, 3.63) is 181 Å². The Morgan fingerprint density at radius 1 is 0.651 bits per heavy atom. The summed E-state index contributed by atoms with van der Waals surface area (Å²) in [5, 5.41) is 13.2. The van der Waals surface area contributed by atoms with E-state index in [-0.39, 0.29) is 12.5 Å². The van der Waals surface area contributed by atoms with Gasteiger partial charge in [-0.1, -0.05) is 171 Å². The molecule has 0 aliphatic rings. The molecule has 5 rings (SSSR count). The molecule has 0 aliphatic carbocycles. The van der Waals surface area contributed by atoms with E-state index in [1.54, 1.807) is 6.08 Å². The van der Waals surface area contributed by atoms with Crippen molar-refractivity contribution in [1.29, 1.82) is 0 Å². The summed E-state index contributed by atoms with van der Waals surface area (Å²) < 4.78 is 22.7. The molecule has 5 aromatic carbocycles. The SMILES string of the molecule is C/C=C/C(O)C(C(C)COC(c1ccccc1)(c1ccccc1)c1ccccc1)P(=O)(c1ccccc1)c1ccccc1. The van der Waals surface area contributed by atoms with Crippen molar-refractivity contribution in [3.8, 4) is 0 Å². The van der Waals surface area contributed by atoms with Crippen LogP contribution in [0.2, 0.25) is 0 Å². The van der Waals surface area contributed by atoms with Crippen LogP contribution in [-0.2, 0) is 14.9 Å². The zero-order chi connectivity index (χ0) is 30.1. The normalized spacial score (nSPS) is 14.3. The molecule has 3 nitrogen and oxygen atoms in total. The summed E-state index contributed by atoms with van der Waals surface area (Å²) in [4.78, 5) is 0. The van der Waals surface area contributed by atoms with Gasteiger partial charge in [0, 0.05) is 10.6 Å². The molecule has 1 N–H and O–H groups in total. The fourth-order valence-electron chi connectivity index (χ4n) is 6.14. The molecule has 4 heteroatoms. The van der Waals surface area contributed by atoms with E-state index in [1.807, 2.05) is 135 Å². The quantitative estimate of drug-likeness (QED) is 0.0917. The molecule has 0 heterocycles. The van der Waals surface area contributed by atoms with Crippen molar-refractivity contribution < 1.29 is 14.4 Å². The topological polar surface area (TPSA) is 46.5 Å². The van der Waals surface area contributed by atoms with Crippen molar-refractivity contribution in [3.63, 3.8) is 0 Å². The third-order valence-corrected chi connectivity index (χ3v) is 11.9. The summed E-state index contributed by atoms with van der Waals surface area (Å²) in [7, 11) is -3.36. The van der Waals surface area contributed by atoms with Gasteiger partial charge in [-0.3, -0.25) is 0 Å². The average molecular weight is 587 g/mol. The predicted octanol–water partition coefficient (Wildman–Crippen LogP) is 7.95. The Morgan fingerprint density at radius 3 is 1.35 bits per heavy atom. The van der Waals surface area contributed by atoms with Gasteiger partial charge < -0.3 is 14.4 Å². The zero-order valence-electron chi connectivity index (χ0n) is 24.7. The molecule has 0 saturated heterocycles. The minimum absolute atomic E-state index is 0.252. The van der Waals surface area contributed by atoms with E-state index in [1.165, 1.54) is 0 Å². The lowest BCUT2D eigenvalue weighted by molar-refractivity contribution is -0.0107. The molecule has 3 unspecified atom stereocenters. The Bertz CT molecular complexity index is 1480. The van der Waals surface area contributed by atoms with E-state index in [4.69, 9.17) is 4.74 Å². The molecule has 0 fully saturated rings. The molecule has 43 heavy (non-hydrogen) atoms. The average Bonchev–Trinajstić information content (AvgIpc) is 3.07. The second kappa shape index (κ2) is 14.0. The van der Waals surface area contributed by atoms with Crippen molar-refractivity contribution >= 4 is 17.8 Å². The molecule has 0 saturated carbocycles. The molecule has 0 radical (unpaired) electrons. The fraction of sp³-hybridized carbons (Fsp3) is 0.179. The summed E-state index contributed by atoms with van der Waals surface area (Å²) >= 11 is 0. The Labute approximate surface area is 255 Å². The Kier molecular flexibility index (Phi) is 9.89. The monoisotopic (exact) mass is 586 g/mol. The van der Waals surface area contributed by atoms with Gasteiger partial charge in [0.2, 0.25) is 0 Å². The maximum atomic E-state index is 15.6. The number of aliphatic hydroxyl groups excluding tert-OH is 1. The van der Waals surface area contributed by atoms with Gasteiger partial charge in [0.15, 0.2) is 0 Å². The summed E-state index contributed by atoms with van der Waals surface area (Å²) in [6.07, 6.45) is 2.63. The number of allylic oxidation sites excluding steroid dienone is 1. The molecule has 5 aromatic rings. The van der Waals surface area contributed by atoms with Crippen LogP contribution >= 0.6 is 7.14 Å². The maximum absolute atomic E-state index is 15.6. The van der Waals surface area contributed by atoms with Crippen LogP contribution in [0.5, 0.6) is 0 Å². The molecule has 0 aliphatic heterocycles. The second-order valence-electron chi connectivity index (χ2n) is 10.9. The lowest BCUT2D eigenvalue weighted by atomic mass is 9.80. The first-order valence-corrected chi connectivity index (χ1v) is 16.6. The van der Waals surface area contributed by atoms with Crippen LogP contribution in [0.15, 0.2) is 164 Å². The summed E-state index contributed by atoms with van der Waals surface area (Å²) in [6, 6.07) is 49.9. The first-order valence-electron chi connectivity index (χ1n) is 14.8. The molecule has 0 bridgehead atoms. The first kappa shape index (κ1) is 30.4. The Balaban J connectivity index is 1.65. The van der Waals surface area contributed by atoms with Gasteiger partial charge in [0.25, 0.3) is 0 Å². The number of hydrogen-bond donors (Lipinski definition) is 1. The molecule has 0 amide bonds. The van der Waals surface area contributed by atoms with Crippen LogP contribution in [0.1, 0.15) is 30.5 Å². The highest BCUT2D eigenvalue weighted by Crippen LogP contribution is 2.53. The third-order valence-electron chi connectivity index (χ3n) is 8.13. The highest BCUT2D eigenvalue weighted by atomic mass is 31.2. The van der Waals surface area contributed by atoms with Crippen LogP contribution in [0.25, 0.3) is 0 Å². The summed E-state index contributed by atoms with van der Waals surface area (Å²) in [5.74, 6) is -0.298.